The highest BCUT2D eigenvalue weighted by Gasteiger charge is 2.25. The maximum atomic E-state index is 12.9. The van der Waals surface area contributed by atoms with Crippen LogP contribution in [0.15, 0.2) is 59.5 Å². The monoisotopic (exact) mass is 386 g/mol. The van der Waals surface area contributed by atoms with Crippen LogP contribution in [-0.4, -0.2) is 31.8 Å². The molecule has 3 rings (SSSR count). The van der Waals surface area contributed by atoms with Crippen LogP contribution in [-0.2, 0) is 10.0 Å². The Bertz CT molecular complexity index is 858. The molecular formula is C21H26N2O3S. The van der Waals surface area contributed by atoms with Gasteiger partial charge in [-0.25, -0.2) is 8.42 Å². The molecule has 0 aromatic heterocycles. The first-order chi connectivity index (χ1) is 13.0. The van der Waals surface area contributed by atoms with Crippen LogP contribution in [0.3, 0.4) is 0 Å². The van der Waals surface area contributed by atoms with E-state index >= 15 is 0 Å². The molecule has 1 aliphatic rings. The molecule has 1 fully saturated rings. The Morgan fingerprint density at radius 1 is 1.00 bits per heavy atom. The number of anilines is 1. The van der Waals surface area contributed by atoms with Gasteiger partial charge >= 0.3 is 0 Å². The summed E-state index contributed by atoms with van der Waals surface area (Å²) in [4.78, 5) is 15.0. The molecule has 0 bridgehead atoms. The standard InChI is InChI=1S/C21H26N2O3S/c1-2-23(19-9-5-3-6-10-19)21(24)17-13-15-18(16-14-17)22-27(25,26)20-11-7-4-8-12-20/h4,7-8,11-16,19,22H,2-3,5-6,9-10H2,1H3. The van der Waals surface area contributed by atoms with Gasteiger partial charge in [-0.15, -0.1) is 0 Å². The van der Waals surface area contributed by atoms with E-state index in [1.54, 1.807) is 54.6 Å². The maximum absolute atomic E-state index is 12.9. The van der Waals surface area contributed by atoms with Crippen molar-refractivity contribution < 1.29 is 13.2 Å². The molecule has 0 saturated heterocycles. The minimum atomic E-state index is -3.63. The van der Waals surface area contributed by atoms with E-state index in [1.807, 2.05) is 11.8 Å². The Labute approximate surface area is 161 Å². The highest BCUT2D eigenvalue weighted by Crippen LogP contribution is 2.24. The second kappa shape index (κ2) is 8.57. The van der Waals surface area contributed by atoms with Crippen LogP contribution >= 0.6 is 0 Å². The van der Waals surface area contributed by atoms with Crippen LogP contribution in [0.4, 0.5) is 5.69 Å². The van der Waals surface area contributed by atoms with Crippen molar-refractivity contribution in [1.82, 2.24) is 4.90 Å². The zero-order valence-electron chi connectivity index (χ0n) is 15.6. The molecule has 0 heterocycles. The summed E-state index contributed by atoms with van der Waals surface area (Å²) < 4.78 is 27.3. The summed E-state index contributed by atoms with van der Waals surface area (Å²) in [6, 6.07) is 15.2. The third-order valence-electron chi connectivity index (χ3n) is 5.05. The van der Waals surface area contributed by atoms with Gasteiger partial charge in [0.05, 0.1) is 4.90 Å². The molecular weight excluding hydrogens is 360 g/mol. The van der Waals surface area contributed by atoms with Gasteiger partial charge in [-0.05, 0) is 56.2 Å². The summed E-state index contributed by atoms with van der Waals surface area (Å²) >= 11 is 0. The number of nitrogens with one attached hydrogen (secondary N) is 1. The highest BCUT2D eigenvalue weighted by atomic mass is 32.2. The summed E-state index contributed by atoms with van der Waals surface area (Å²) in [5.41, 5.74) is 1.03. The van der Waals surface area contributed by atoms with E-state index in [1.165, 1.54) is 19.3 Å². The van der Waals surface area contributed by atoms with E-state index in [0.29, 0.717) is 23.8 Å². The van der Waals surface area contributed by atoms with Gasteiger partial charge in [-0.2, -0.15) is 0 Å². The smallest absolute Gasteiger partial charge is 0.261 e. The lowest BCUT2D eigenvalue weighted by Gasteiger charge is -2.33. The number of carbonyl (C=O) groups excluding carboxylic acids is 1. The van der Waals surface area contributed by atoms with Crippen molar-refractivity contribution in [3.8, 4) is 0 Å². The van der Waals surface area contributed by atoms with Crippen LogP contribution in [0.5, 0.6) is 0 Å². The van der Waals surface area contributed by atoms with Crippen LogP contribution in [0, 0.1) is 0 Å². The maximum Gasteiger partial charge on any atom is 0.261 e. The first kappa shape index (κ1) is 19.4. The van der Waals surface area contributed by atoms with Gasteiger partial charge in [-0.1, -0.05) is 37.5 Å². The van der Waals surface area contributed by atoms with Crippen molar-refractivity contribution in [3.05, 3.63) is 60.2 Å². The summed E-state index contributed by atoms with van der Waals surface area (Å²) in [7, 11) is -3.63. The first-order valence-electron chi connectivity index (χ1n) is 9.50. The van der Waals surface area contributed by atoms with Gasteiger partial charge < -0.3 is 4.90 Å². The predicted octanol–water partition coefficient (Wildman–Crippen LogP) is 4.28. The summed E-state index contributed by atoms with van der Waals surface area (Å²) in [6.07, 6.45) is 5.73. The predicted molar refractivity (Wildman–Crippen MR) is 107 cm³/mol. The molecule has 0 aliphatic heterocycles. The fourth-order valence-electron chi connectivity index (χ4n) is 3.62. The van der Waals surface area contributed by atoms with Crippen molar-refractivity contribution in [2.75, 3.05) is 11.3 Å². The van der Waals surface area contributed by atoms with E-state index in [0.717, 1.165) is 12.8 Å². The normalized spacial score (nSPS) is 15.3. The molecule has 6 heteroatoms. The third kappa shape index (κ3) is 4.69. The zero-order valence-corrected chi connectivity index (χ0v) is 16.4. The fraction of sp³-hybridized carbons (Fsp3) is 0.381. The molecule has 5 nitrogen and oxygen atoms in total. The van der Waals surface area contributed by atoms with Crippen LogP contribution < -0.4 is 4.72 Å². The number of sulfonamides is 1. The second-order valence-electron chi connectivity index (χ2n) is 6.88. The topological polar surface area (TPSA) is 66.5 Å². The Balaban J connectivity index is 1.72. The number of rotatable bonds is 6. The Kier molecular flexibility index (Phi) is 6.16. The Morgan fingerprint density at radius 2 is 1.63 bits per heavy atom. The molecule has 2 aromatic carbocycles. The van der Waals surface area contributed by atoms with Gasteiger partial charge in [0, 0.05) is 23.8 Å². The number of hydrogen-bond acceptors (Lipinski definition) is 3. The molecule has 0 spiro atoms. The van der Waals surface area contributed by atoms with Crippen molar-refractivity contribution in [1.29, 1.82) is 0 Å². The van der Waals surface area contributed by atoms with E-state index in [-0.39, 0.29) is 10.8 Å². The lowest BCUT2D eigenvalue weighted by atomic mass is 9.93. The van der Waals surface area contributed by atoms with Crippen LogP contribution in [0.2, 0.25) is 0 Å². The Morgan fingerprint density at radius 3 is 2.22 bits per heavy atom. The second-order valence-corrected chi connectivity index (χ2v) is 8.56. The van der Waals surface area contributed by atoms with Crippen LogP contribution in [0.25, 0.3) is 0 Å². The molecule has 1 amide bonds. The van der Waals surface area contributed by atoms with Gasteiger partial charge in [0.15, 0.2) is 0 Å². The minimum Gasteiger partial charge on any atom is -0.336 e. The average molecular weight is 387 g/mol. The molecule has 1 N–H and O–H groups in total. The Hall–Kier alpha value is -2.34. The molecule has 144 valence electrons. The van der Waals surface area contributed by atoms with E-state index in [4.69, 9.17) is 0 Å². The number of amides is 1. The van der Waals surface area contributed by atoms with Gasteiger partial charge in [0.25, 0.3) is 15.9 Å². The number of nitrogens with zero attached hydrogens (tertiary/aromatic N) is 1. The third-order valence-corrected chi connectivity index (χ3v) is 6.45. The summed E-state index contributed by atoms with van der Waals surface area (Å²) in [5.74, 6) is 0.0156. The van der Waals surface area contributed by atoms with Crippen LogP contribution in [0.1, 0.15) is 49.4 Å². The quantitative estimate of drug-likeness (QED) is 0.806. The van der Waals surface area contributed by atoms with E-state index in [9.17, 15) is 13.2 Å². The summed E-state index contributed by atoms with van der Waals surface area (Å²) in [5, 5.41) is 0. The minimum absolute atomic E-state index is 0.0156. The van der Waals surface area contributed by atoms with Gasteiger partial charge in [0.2, 0.25) is 0 Å². The molecule has 0 atom stereocenters. The van der Waals surface area contributed by atoms with Crippen molar-refractivity contribution in [3.63, 3.8) is 0 Å². The van der Waals surface area contributed by atoms with Crippen molar-refractivity contribution in [2.45, 2.75) is 50.0 Å². The molecule has 0 unspecified atom stereocenters. The van der Waals surface area contributed by atoms with Crippen molar-refractivity contribution in [2.24, 2.45) is 0 Å². The lowest BCUT2D eigenvalue weighted by Crippen LogP contribution is -2.41. The molecule has 1 aliphatic carbocycles. The highest BCUT2D eigenvalue weighted by molar-refractivity contribution is 7.92. The molecule has 2 aromatic rings. The molecule has 0 radical (unpaired) electrons. The number of benzene rings is 2. The molecule has 27 heavy (non-hydrogen) atoms. The van der Waals surface area contributed by atoms with Gasteiger partial charge in [-0.3, -0.25) is 9.52 Å². The van der Waals surface area contributed by atoms with E-state index in [2.05, 4.69) is 4.72 Å². The SMILES string of the molecule is CCN(C(=O)c1ccc(NS(=O)(=O)c2ccccc2)cc1)C1CCCCC1. The zero-order chi connectivity index (χ0) is 19.3. The van der Waals surface area contributed by atoms with Crippen molar-refractivity contribution >= 4 is 21.6 Å². The number of hydrogen-bond donors (Lipinski definition) is 1. The average Bonchev–Trinajstić information content (AvgIpc) is 2.70. The molecule has 1 saturated carbocycles. The number of carbonyl (C=O) groups is 1. The lowest BCUT2D eigenvalue weighted by molar-refractivity contribution is 0.0648. The van der Waals surface area contributed by atoms with E-state index < -0.39 is 10.0 Å². The first-order valence-corrected chi connectivity index (χ1v) is 11.0. The van der Waals surface area contributed by atoms with Gasteiger partial charge in [0.1, 0.15) is 0 Å². The summed E-state index contributed by atoms with van der Waals surface area (Å²) in [6.45, 7) is 2.70. The largest absolute Gasteiger partial charge is 0.336 e. The fourth-order valence-corrected chi connectivity index (χ4v) is 4.70.